The highest BCUT2D eigenvalue weighted by atomic mass is 19.3. The predicted octanol–water partition coefficient (Wildman–Crippen LogP) is 2.44. The molecule has 0 radical (unpaired) electrons. The zero-order chi connectivity index (χ0) is 8.57. The van der Waals surface area contributed by atoms with E-state index in [1.807, 2.05) is 13.8 Å². The lowest BCUT2D eigenvalue weighted by Gasteiger charge is -2.05. The van der Waals surface area contributed by atoms with E-state index >= 15 is 0 Å². The molecule has 0 fully saturated rings. The summed E-state index contributed by atoms with van der Waals surface area (Å²) in [5.74, 6) is 0. The number of hydrogen-bond donors (Lipinski definition) is 1. The van der Waals surface area contributed by atoms with Gasteiger partial charge in [-0.25, -0.2) is 8.78 Å². The van der Waals surface area contributed by atoms with Crippen LogP contribution in [0.4, 0.5) is 8.78 Å². The van der Waals surface area contributed by atoms with Crippen LogP contribution in [0, 0.1) is 0 Å². The maximum Gasteiger partial charge on any atom is 0.264 e. The highest BCUT2D eigenvalue weighted by Crippen LogP contribution is 2.05. The van der Waals surface area contributed by atoms with Crippen molar-refractivity contribution in [2.75, 3.05) is 0 Å². The molecule has 0 saturated carbocycles. The Hall–Kier alpha value is -0.180. The number of hydrogen-bond acceptors (Lipinski definition) is 1. The van der Waals surface area contributed by atoms with Crippen LogP contribution in [-0.4, -0.2) is 17.6 Å². The summed E-state index contributed by atoms with van der Waals surface area (Å²) in [6.07, 6.45) is -3.20. The van der Waals surface area contributed by atoms with Crippen molar-refractivity contribution in [2.24, 2.45) is 0 Å². The quantitative estimate of drug-likeness (QED) is 0.662. The Bertz CT molecular complexity index is 57.6. The molecule has 0 aliphatic heterocycles. The third kappa shape index (κ3) is 7.82. The van der Waals surface area contributed by atoms with Crippen molar-refractivity contribution in [2.45, 2.75) is 46.1 Å². The Labute approximate surface area is 61.1 Å². The van der Waals surface area contributed by atoms with E-state index in [1.54, 1.807) is 6.92 Å². The second-order valence-electron chi connectivity index (χ2n) is 1.69. The van der Waals surface area contributed by atoms with E-state index in [0.29, 0.717) is 6.42 Å². The Balaban J connectivity index is 0. The molecule has 0 aromatic carbocycles. The number of rotatable bonds is 3. The van der Waals surface area contributed by atoms with Gasteiger partial charge in [-0.05, 0) is 6.42 Å². The van der Waals surface area contributed by atoms with Gasteiger partial charge < -0.3 is 5.11 Å². The minimum Gasteiger partial charge on any atom is -0.387 e. The summed E-state index contributed by atoms with van der Waals surface area (Å²) in [7, 11) is 0. The molecule has 0 saturated heterocycles. The predicted molar refractivity (Wildman–Crippen MR) is 38.3 cm³/mol. The summed E-state index contributed by atoms with van der Waals surface area (Å²) in [6.45, 7) is 5.76. The molecule has 3 heteroatoms. The van der Waals surface area contributed by atoms with Crippen LogP contribution < -0.4 is 0 Å². The highest BCUT2D eigenvalue weighted by molar-refractivity contribution is 4.54. The lowest BCUT2D eigenvalue weighted by Crippen LogP contribution is -2.16. The average Bonchev–Trinajstić information content (AvgIpc) is 1.93. The number of halogens is 2. The summed E-state index contributed by atoms with van der Waals surface area (Å²) in [4.78, 5) is 0. The van der Waals surface area contributed by atoms with E-state index in [9.17, 15) is 8.78 Å². The van der Waals surface area contributed by atoms with Gasteiger partial charge in [-0.2, -0.15) is 0 Å². The number of aliphatic hydroxyl groups is 1. The Morgan fingerprint density at radius 3 is 1.80 bits per heavy atom. The largest absolute Gasteiger partial charge is 0.387 e. The molecule has 1 atom stereocenters. The van der Waals surface area contributed by atoms with Gasteiger partial charge in [0.1, 0.15) is 6.10 Å². The molecular weight excluding hydrogens is 138 g/mol. The van der Waals surface area contributed by atoms with E-state index in [1.165, 1.54) is 0 Å². The number of alkyl halides is 2. The zero-order valence-electron chi connectivity index (χ0n) is 6.77. The first-order valence-corrected chi connectivity index (χ1v) is 3.64. The van der Waals surface area contributed by atoms with Gasteiger partial charge in [-0.1, -0.05) is 27.2 Å². The lowest BCUT2D eigenvalue weighted by atomic mass is 10.2. The Kier molecular flexibility index (Phi) is 11.0. The molecule has 0 bridgehead atoms. The smallest absolute Gasteiger partial charge is 0.264 e. The van der Waals surface area contributed by atoms with Gasteiger partial charge >= 0.3 is 0 Å². The first-order chi connectivity index (χ1) is 4.68. The van der Waals surface area contributed by atoms with Crippen molar-refractivity contribution in [1.29, 1.82) is 0 Å². The normalized spacial score (nSPS) is 12.3. The van der Waals surface area contributed by atoms with Crippen molar-refractivity contribution >= 4 is 0 Å². The monoisotopic (exact) mass is 154 g/mol. The SMILES string of the molecule is CC.CCCC(O)C(F)F. The van der Waals surface area contributed by atoms with Gasteiger partial charge in [0.2, 0.25) is 0 Å². The topological polar surface area (TPSA) is 20.2 Å². The fraction of sp³-hybridized carbons (Fsp3) is 1.00. The molecule has 0 aliphatic carbocycles. The molecule has 0 spiro atoms. The summed E-state index contributed by atoms with van der Waals surface area (Å²) >= 11 is 0. The van der Waals surface area contributed by atoms with Crippen LogP contribution >= 0.6 is 0 Å². The van der Waals surface area contributed by atoms with Gasteiger partial charge in [0.05, 0.1) is 0 Å². The van der Waals surface area contributed by atoms with Gasteiger partial charge in [-0.15, -0.1) is 0 Å². The molecule has 0 aromatic rings. The summed E-state index contributed by atoms with van der Waals surface area (Å²) in [5, 5.41) is 8.38. The van der Waals surface area contributed by atoms with Gasteiger partial charge in [0, 0.05) is 0 Å². The standard InChI is InChI=1S/C5H10F2O.C2H6/c1-2-3-4(8)5(6)7;1-2/h4-5,8H,2-3H2,1H3;1-2H3. The minimum absolute atomic E-state index is 0.192. The van der Waals surface area contributed by atoms with Crippen molar-refractivity contribution in [3.63, 3.8) is 0 Å². The van der Waals surface area contributed by atoms with E-state index in [2.05, 4.69) is 0 Å². The maximum atomic E-state index is 11.4. The highest BCUT2D eigenvalue weighted by Gasteiger charge is 2.14. The third-order valence-electron chi connectivity index (χ3n) is 0.875. The molecule has 64 valence electrons. The van der Waals surface area contributed by atoms with E-state index < -0.39 is 12.5 Å². The van der Waals surface area contributed by atoms with Crippen molar-refractivity contribution in [3.8, 4) is 0 Å². The Morgan fingerprint density at radius 2 is 1.70 bits per heavy atom. The van der Waals surface area contributed by atoms with Crippen LogP contribution in [0.1, 0.15) is 33.6 Å². The van der Waals surface area contributed by atoms with Crippen molar-refractivity contribution < 1.29 is 13.9 Å². The summed E-state index contributed by atoms with van der Waals surface area (Å²) < 4.78 is 22.7. The van der Waals surface area contributed by atoms with E-state index in [0.717, 1.165) is 0 Å². The van der Waals surface area contributed by atoms with Crippen LogP contribution in [0.3, 0.4) is 0 Å². The molecule has 1 unspecified atom stereocenters. The fourth-order valence-corrected chi connectivity index (χ4v) is 0.422. The zero-order valence-corrected chi connectivity index (χ0v) is 6.77. The summed E-state index contributed by atoms with van der Waals surface area (Å²) in [5.41, 5.74) is 0. The second kappa shape index (κ2) is 8.82. The van der Waals surface area contributed by atoms with E-state index in [4.69, 9.17) is 5.11 Å². The van der Waals surface area contributed by atoms with Gasteiger partial charge in [0.15, 0.2) is 0 Å². The lowest BCUT2D eigenvalue weighted by molar-refractivity contribution is -0.00904. The van der Waals surface area contributed by atoms with Crippen LogP contribution in [0.2, 0.25) is 0 Å². The third-order valence-corrected chi connectivity index (χ3v) is 0.875. The number of aliphatic hydroxyl groups excluding tert-OH is 1. The molecule has 0 heterocycles. The van der Waals surface area contributed by atoms with E-state index in [-0.39, 0.29) is 6.42 Å². The molecule has 0 aromatic heterocycles. The maximum absolute atomic E-state index is 11.4. The molecular formula is C7H16F2O. The molecule has 0 aliphatic rings. The second-order valence-corrected chi connectivity index (χ2v) is 1.69. The fourth-order valence-electron chi connectivity index (χ4n) is 0.422. The molecule has 10 heavy (non-hydrogen) atoms. The molecule has 1 N–H and O–H groups in total. The first-order valence-electron chi connectivity index (χ1n) is 3.64. The van der Waals surface area contributed by atoms with Gasteiger partial charge in [-0.3, -0.25) is 0 Å². The minimum atomic E-state index is -2.57. The summed E-state index contributed by atoms with van der Waals surface area (Å²) in [6, 6.07) is 0. The van der Waals surface area contributed by atoms with Crippen LogP contribution in [0.5, 0.6) is 0 Å². The molecule has 0 amide bonds. The van der Waals surface area contributed by atoms with Gasteiger partial charge in [0.25, 0.3) is 6.43 Å². The van der Waals surface area contributed by atoms with Crippen LogP contribution in [0.25, 0.3) is 0 Å². The molecule has 1 nitrogen and oxygen atoms in total. The van der Waals surface area contributed by atoms with Crippen LogP contribution in [-0.2, 0) is 0 Å². The average molecular weight is 154 g/mol. The first kappa shape index (κ1) is 12.5. The Morgan fingerprint density at radius 1 is 1.30 bits per heavy atom. The molecule has 0 rings (SSSR count). The van der Waals surface area contributed by atoms with Crippen molar-refractivity contribution in [1.82, 2.24) is 0 Å². The van der Waals surface area contributed by atoms with Crippen molar-refractivity contribution in [3.05, 3.63) is 0 Å². The van der Waals surface area contributed by atoms with Crippen LogP contribution in [0.15, 0.2) is 0 Å².